The lowest BCUT2D eigenvalue weighted by atomic mass is 10.1. The van der Waals surface area contributed by atoms with Gasteiger partial charge in [-0.15, -0.1) is 0 Å². The van der Waals surface area contributed by atoms with Crippen LogP contribution < -0.4 is 15.2 Å². The smallest absolute Gasteiger partial charge is 0.125 e. The van der Waals surface area contributed by atoms with Gasteiger partial charge in [0.1, 0.15) is 11.5 Å². The fourth-order valence-corrected chi connectivity index (χ4v) is 1.92. The first-order valence-electron chi connectivity index (χ1n) is 5.15. The van der Waals surface area contributed by atoms with Crippen molar-refractivity contribution in [3.8, 4) is 11.5 Å². The maximum atomic E-state index is 5.84. The average molecular weight is 207 g/mol. The molecule has 0 saturated heterocycles. The Bertz CT molecular complexity index is 351. The molecule has 1 fully saturated rings. The van der Waals surface area contributed by atoms with Crippen LogP contribution in [-0.2, 0) is 0 Å². The maximum absolute atomic E-state index is 5.84. The van der Waals surface area contributed by atoms with Crippen LogP contribution >= 0.6 is 0 Å². The van der Waals surface area contributed by atoms with Crippen molar-refractivity contribution in [3.05, 3.63) is 23.3 Å². The van der Waals surface area contributed by atoms with E-state index in [1.807, 2.05) is 6.92 Å². The van der Waals surface area contributed by atoms with Gasteiger partial charge in [0, 0.05) is 17.5 Å². The second-order valence-corrected chi connectivity index (χ2v) is 4.06. The van der Waals surface area contributed by atoms with E-state index in [9.17, 15) is 0 Å². The Labute approximate surface area is 90.2 Å². The minimum absolute atomic E-state index is 0.308. The number of ether oxygens (including phenoxy) is 2. The molecule has 1 aromatic rings. The summed E-state index contributed by atoms with van der Waals surface area (Å²) < 4.78 is 10.6. The zero-order valence-corrected chi connectivity index (χ0v) is 9.41. The van der Waals surface area contributed by atoms with Crippen LogP contribution in [0.4, 0.5) is 0 Å². The summed E-state index contributed by atoms with van der Waals surface area (Å²) in [6, 6.07) is 4.44. The van der Waals surface area contributed by atoms with E-state index in [0.717, 1.165) is 23.5 Å². The van der Waals surface area contributed by atoms with Crippen molar-refractivity contribution in [2.24, 2.45) is 5.73 Å². The van der Waals surface area contributed by atoms with Crippen molar-refractivity contribution in [2.45, 2.75) is 25.3 Å². The van der Waals surface area contributed by atoms with E-state index in [1.165, 1.54) is 5.56 Å². The minimum atomic E-state index is 0.308. The molecule has 3 nitrogen and oxygen atoms in total. The Morgan fingerprint density at radius 3 is 2.00 bits per heavy atom. The first-order valence-corrected chi connectivity index (χ1v) is 5.15. The van der Waals surface area contributed by atoms with Crippen LogP contribution in [0.3, 0.4) is 0 Å². The van der Waals surface area contributed by atoms with Crippen molar-refractivity contribution in [1.82, 2.24) is 0 Å². The third kappa shape index (κ3) is 1.79. The monoisotopic (exact) mass is 207 g/mol. The predicted octanol–water partition coefficient (Wildman–Crippen LogP) is 1.83. The molecular formula is C12H17NO2. The van der Waals surface area contributed by atoms with E-state index in [0.29, 0.717) is 12.0 Å². The molecule has 82 valence electrons. The van der Waals surface area contributed by atoms with E-state index >= 15 is 0 Å². The van der Waals surface area contributed by atoms with E-state index in [2.05, 4.69) is 12.1 Å². The van der Waals surface area contributed by atoms with Crippen LogP contribution in [0.15, 0.2) is 12.1 Å². The summed E-state index contributed by atoms with van der Waals surface area (Å²) in [6.45, 7) is 1.99. The van der Waals surface area contributed by atoms with Crippen molar-refractivity contribution in [2.75, 3.05) is 14.2 Å². The van der Waals surface area contributed by atoms with Gasteiger partial charge in [0.2, 0.25) is 0 Å². The minimum Gasteiger partial charge on any atom is -0.496 e. The second-order valence-electron chi connectivity index (χ2n) is 4.06. The molecule has 15 heavy (non-hydrogen) atoms. The van der Waals surface area contributed by atoms with E-state index in [-0.39, 0.29) is 0 Å². The topological polar surface area (TPSA) is 44.5 Å². The molecule has 1 aromatic carbocycles. The number of rotatable bonds is 3. The molecule has 2 atom stereocenters. The molecular weight excluding hydrogens is 190 g/mol. The Kier molecular flexibility index (Phi) is 2.57. The normalized spacial score (nSPS) is 23.7. The van der Waals surface area contributed by atoms with Gasteiger partial charge in [-0.05, 0) is 31.0 Å². The van der Waals surface area contributed by atoms with E-state index in [1.54, 1.807) is 14.2 Å². The third-order valence-corrected chi connectivity index (χ3v) is 3.04. The Morgan fingerprint density at radius 2 is 1.67 bits per heavy atom. The number of nitrogens with two attached hydrogens (primary N) is 1. The highest BCUT2D eigenvalue weighted by Gasteiger charge is 2.35. The molecule has 1 aliphatic carbocycles. The Morgan fingerprint density at radius 1 is 1.20 bits per heavy atom. The van der Waals surface area contributed by atoms with Crippen molar-refractivity contribution >= 4 is 0 Å². The number of hydrogen-bond donors (Lipinski definition) is 1. The van der Waals surface area contributed by atoms with Gasteiger partial charge in [0.05, 0.1) is 14.2 Å². The molecule has 2 N–H and O–H groups in total. The lowest BCUT2D eigenvalue weighted by Gasteiger charge is -2.12. The summed E-state index contributed by atoms with van der Waals surface area (Å²) in [5.74, 6) is 2.24. The molecule has 2 unspecified atom stereocenters. The lowest BCUT2D eigenvalue weighted by molar-refractivity contribution is 0.388. The van der Waals surface area contributed by atoms with Crippen molar-refractivity contribution in [3.63, 3.8) is 0 Å². The van der Waals surface area contributed by atoms with Gasteiger partial charge in [0.25, 0.3) is 0 Å². The molecule has 2 rings (SSSR count). The third-order valence-electron chi connectivity index (χ3n) is 3.04. The second kappa shape index (κ2) is 3.74. The van der Waals surface area contributed by atoms with Crippen LogP contribution in [0, 0.1) is 6.92 Å². The summed E-state index contributed by atoms with van der Waals surface area (Å²) in [7, 11) is 3.36. The molecule has 0 heterocycles. The summed E-state index contributed by atoms with van der Waals surface area (Å²) in [4.78, 5) is 0. The Balaban J connectivity index is 2.40. The molecule has 1 aliphatic rings. The standard InChI is InChI=1S/C12H17NO2/c1-7-11(14-2)4-8(5-12(7)15-3)9-6-10(9)13/h4-5,9-10H,6,13H2,1-3H3. The number of benzene rings is 1. The predicted molar refractivity (Wildman–Crippen MR) is 59.6 cm³/mol. The van der Waals surface area contributed by atoms with Gasteiger partial charge in [-0.3, -0.25) is 0 Å². The van der Waals surface area contributed by atoms with Crippen LogP contribution in [0.2, 0.25) is 0 Å². The maximum Gasteiger partial charge on any atom is 0.125 e. The fraction of sp³-hybridized carbons (Fsp3) is 0.500. The number of methoxy groups -OCH3 is 2. The SMILES string of the molecule is COc1cc(C2CC2N)cc(OC)c1C. The van der Waals surface area contributed by atoms with Gasteiger partial charge in [-0.25, -0.2) is 0 Å². The van der Waals surface area contributed by atoms with Gasteiger partial charge in [0.15, 0.2) is 0 Å². The highest BCUT2D eigenvalue weighted by molar-refractivity contribution is 5.49. The summed E-state index contributed by atoms with van der Waals surface area (Å²) in [5, 5.41) is 0. The summed E-state index contributed by atoms with van der Waals surface area (Å²) >= 11 is 0. The van der Waals surface area contributed by atoms with Crippen LogP contribution in [0.5, 0.6) is 11.5 Å². The summed E-state index contributed by atoms with van der Waals surface area (Å²) in [6.07, 6.45) is 1.06. The zero-order valence-electron chi connectivity index (χ0n) is 9.41. The largest absolute Gasteiger partial charge is 0.496 e. The quantitative estimate of drug-likeness (QED) is 0.822. The molecule has 0 aliphatic heterocycles. The molecule has 0 aromatic heterocycles. The van der Waals surface area contributed by atoms with Gasteiger partial charge < -0.3 is 15.2 Å². The lowest BCUT2D eigenvalue weighted by Crippen LogP contribution is -2.02. The zero-order chi connectivity index (χ0) is 11.0. The molecule has 0 radical (unpaired) electrons. The fourth-order valence-electron chi connectivity index (χ4n) is 1.92. The van der Waals surface area contributed by atoms with Gasteiger partial charge in [-0.1, -0.05) is 0 Å². The summed E-state index contributed by atoms with van der Waals surface area (Å²) in [5.41, 5.74) is 8.10. The van der Waals surface area contributed by atoms with E-state index < -0.39 is 0 Å². The van der Waals surface area contributed by atoms with E-state index in [4.69, 9.17) is 15.2 Å². The highest BCUT2D eigenvalue weighted by Crippen LogP contribution is 2.43. The van der Waals surface area contributed by atoms with Crippen LogP contribution in [-0.4, -0.2) is 20.3 Å². The first-order chi connectivity index (χ1) is 7.17. The van der Waals surface area contributed by atoms with Crippen molar-refractivity contribution < 1.29 is 9.47 Å². The van der Waals surface area contributed by atoms with Gasteiger partial charge in [-0.2, -0.15) is 0 Å². The molecule has 0 spiro atoms. The Hall–Kier alpha value is -1.22. The van der Waals surface area contributed by atoms with Crippen LogP contribution in [0.1, 0.15) is 23.5 Å². The highest BCUT2D eigenvalue weighted by atomic mass is 16.5. The van der Waals surface area contributed by atoms with Crippen molar-refractivity contribution in [1.29, 1.82) is 0 Å². The molecule has 3 heteroatoms. The number of hydrogen-bond acceptors (Lipinski definition) is 3. The first kappa shape index (κ1) is 10.3. The molecule has 0 bridgehead atoms. The van der Waals surface area contributed by atoms with Gasteiger partial charge >= 0.3 is 0 Å². The van der Waals surface area contributed by atoms with Crippen LogP contribution in [0.25, 0.3) is 0 Å². The average Bonchev–Trinajstić information content (AvgIpc) is 2.96. The molecule has 1 saturated carbocycles. The molecule has 0 amide bonds.